The lowest BCUT2D eigenvalue weighted by molar-refractivity contribution is -0.00000480. The summed E-state index contributed by atoms with van der Waals surface area (Å²) in [5.41, 5.74) is 1.60. The van der Waals surface area contributed by atoms with E-state index in [1.807, 2.05) is 0 Å². The molecule has 0 nitrogen and oxygen atoms in total. The molecule has 0 unspecified atom stereocenters. The molecule has 0 radical (unpaired) electrons. The summed E-state index contributed by atoms with van der Waals surface area (Å²) in [5.74, 6) is 0. The smallest absolute Gasteiger partial charge is 0.187 e. The van der Waals surface area contributed by atoms with Crippen LogP contribution in [0.5, 0.6) is 0 Å². The molecule has 0 N–H and O–H groups in total. The molecule has 4 aromatic rings. The van der Waals surface area contributed by atoms with Gasteiger partial charge in [0.15, 0.2) is 14.3 Å². The first-order valence-corrected chi connectivity index (χ1v) is 9.31. The van der Waals surface area contributed by atoms with Crippen LogP contribution in [0, 0.1) is 0 Å². The van der Waals surface area contributed by atoms with E-state index in [4.69, 9.17) is 0 Å². The summed E-state index contributed by atoms with van der Waals surface area (Å²) in [5, 5.41) is 2.79. The lowest BCUT2D eigenvalue weighted by Crippen LogP contribution is -3.00. The molecule has 0 spiro atoms. The second-order valence-electron chi connectivity index (χ2n) is 7.07. The first-order valence-electron chi connectivity index (χ1n) is 8.09. The Bertz CT molecular complexity index is 935. The molecule has 0 aliphatic carbocycles. The number of hydrogen-bond donors (Lipinski definition) is 0. The van der Waals surface area contributed by atoms with Gasteiger partial charge in [-0.2, -0.15) is 0 Å². The molecule has 0 aliphatic heterocycles. The fraction of sp³-hybridized carbons (Fsp3) is 0.182. The van der Waals surface area contributed by atoms with Crippen LogP contribution < -0.4 is 17.0 Å². The Labute approximate surface area is 156 Å². The summed E-state index contributed by atoms with van der Waals surface area (Å²) >= 11 is 0. The Morgan fingerprint density at radius 2 is 1.08 bits per heavy atom. The molecule has 4 rings (SSSR count). The van der Waals surface area contributed by atoms with Gasteiger partial charge in [-0.1, -0.05) is 57.2 Å². The van der Waals surface area contributed by atoms with Gasteiger partial charge in [-0.3, -0.25) is 0 Å². The minimum atomic E-state index is 0. The molecule has 0 fully saturated rings. The maximum absolute atomic E-state index is 2.32. The Balaban J connectivity index is 0.00000169. The van der Waals surface area contributed by atoms with Crippen molar-refractivity contribution in [1.82, 2.24) is 0 Å². The molecule has 0 saturated heterocycles. The van der Waals surface area contributed by atoms with Crippen molar-refractivity contribution in [2.24, 2.45) is 0 Å². The average molecular weight is 397 g/mol. The van der Waals surface area contributed by atoms with Gasteiger partial charge in [0.05, 0.1) is 0 Å². The number of benzene rings is 3. The average Bonchev–Trinajstić information content (AvgIpc) is 2.89. The standard InChI is InChI=1S/C22H21S.BrH/c1-22(2,3)16-12-14-17(15-13-16)23-20-10-6-4-8-18(20)19-9-5-7-11-21(19)23;/h4-15H,1-3H3;1H/q+1;/p-1. The highest BCUT2D eigenvalue weighted by Crippen LogP contribution is 2.48. The van der Waals surface area contributed by atoms with Crippen LogP contribution in [-0.4, -0.2) is 0 Å². The monoisotopic (exact) mass is 396 g/mol. The third-order valence-corrected chi connectivity index (χ3v) is 6.80. The van der Waals surface area contributed by atoms with Crippen molar-refractivity contribution in [2.75, 3.05) is 0 Å². The third kappa shape index (κ3) is 2.78. The van der Waals surface area contributed by atoms with Gasteiger partial charge >= 0.3 is 0 Å². The fourth-order valence-electron chi connectivity index (χ4n) is 3.20. The summed E-state index contributed by atoms with van der Waals surface area (Å²) in [7, 11) is 0.0244. The minimum Gasteiger partial charge on any atom is -1.00 e. The van der Waals surface area contributed by atoms with Gasteiger partial charge in [-0.25, -0.2) is 0 Å². The second-order valence-corrected chi connectivity index (χ2v) is 9.04. The highest BCUT2D eigenvalue weighted by Gasteiger charge is 2.23. The van der Waals surface area contributed by atoms with Crippen LogP contribution in [0.2, 0.25) is 0 Å². The predicted octanol–water partition coefficient (Wildman–Crippen LogP) is 4.03. The van der Waals surface area contributed by atoms with Gasteiger partial charge < -0.3 is 17.0 Å². The zero-order chi connectivity index (χ0) is 16.0. The van der Waals surface area contributed by atoms with E-state index in [1.54, 1.807) is 0 Å². The van der Waals surface area contributed by atoms with Gasteiger partial charge in [0.25, 0.3) is 0 Å². The number of halogens is 1. The molecule has 2 heteroatoms. The highest BCUT2D eigenvalue weighted by atomic mass is 79.9. The van der Waals surface area contributed by atoms with E-state index < -0.39 is 0 Å². The van der Waals surface area contributed by atoms with E-state index in [9.17, 15) is 0 Å². The van der Waals surface area contributed by atoms with Crippen LogP contribution in [0.1, 0.15) is 26.3 Å². The van der Waals surface area contributed by atoms with Crippen molar-refractivity contribution in [3.05, 3.63) is 78.4 Å². The second kappa shape index (κ2) is 6.34. The largest absolute Gasteiger partial charge is 1.00 e. The van der Waals surface area contributed by atoms with Gasteiger partial charge in [0.2, 0.25) is 0 Å². The zero-order valence-electron chi connectivity index (χ0n) is 14.2. The third-order valence-electron chi connectivity index (χ3n) is 4.46. The maximum Gasteiger partial charge on any atom is 0.187 e. The predicted molar refractivity (Wildman–Crippen MR) is 104 cm³/mol. The van der Waals surface area contributed by atoms with Crippen molar-refractivity contribution < 1.29 is 17.0 Å². The van der Waals surface area contributed by atoms with Crippen LogP contribution in [0.4, 0.5) is 0 Å². The van der Waals surface area contributed by atoms with Gasteiger partial charge in [0.1, 0.15) is 0 Å². The van der Waals surface area contributed by atoms with Crippen molar-refractivity contribution in [2.45, 2.75) is 26.2 Å². The first kappa shape index (κ1) is 17.2. The number of hydrogen-bond acceptors (Lipinski definition) is 0. The van der Waals surface area contributed by atoms with Crippen molar-refractivity contribution in [3.8, 4) is 4.90 Å². The topological polar surface area (TPSA) is 0 Å². The van der Waals surface area contributed by atoms with E-state index in [1.165, 1.54) is 30.6 Å². The molecule has 0 bridgehead atoms. The van der Waals surface area contributed by atoms with E-state index in [2.05, 4.69) is 93.6 Å². The molecule has 0 aliphatic rings. The number of rotatable bonds is 1. The Morgan fingerprint density at radius 3 is 1.54 bits per heavy atom. The van der Waals surface area contributed by atoms with E-state index in [0.29, 0.717) is 0 Å². The molecular formula is C22H21BrS. The first-order chi connectivity index (χ1) is 11.1. The molecule has 1 aromatic heterocycles. The Morgan fingerprint density at radius 1 is 0.625 bits per heavy atom. The Kier molecular flexibility index (Phi) is 4.54. The van der Waals surface area contributed by atoms with Crippen molar-refractivity contribution in [3.63, 3.8) is 0 Å². The molecule has 24 heavy (non-hydrogen) atoms. The molecular weight excluding hydrogens is 376 g/mol. The molecule has 0 amide bonds. The summed E-state index contributed by atoms with van der Waals surface area (Å²) < 4.78 is 2.91. The number of thiophene rings is 1. The van der Waals surface area contributed by atoms with E-state index in [0.717, 1.165) is 0 Å². The van der Waals surface area contributed by atoms with Crippen molar-refractivity contribution >= 4 is 30.6 Å². The molecule has 0 saturated carbocycles. The fourth-order valence-corrected chi connectivity index (χ4v) is 5.58. The van der Waals surface area contributed by atoms with Crippen LogP contribution in [0.15, 0.2) is 72.8 Å². The van der Waals surface area contributed by atoms with Gasteiger partial charge in [-0.15, -0.1) is 0 Å². The lowest BCUT2D eigenvalue weighted by Gasteiger charge is -2.18. The van der Waals surface area contributed by atoms with Crippen LogP contribution in [0.25, 0.3) is 25.1 Å². The quantitative estimate of drug-likeness (QED) is 0.426. The number of fused-ring (bicyclic) bond motifs is 3. The summed E-state index contributed by atoms with van der Waals surface area (Å²) in [4.78, 5) is 1.41. The lowest BCUT2D eigenvalue weighted by atomic mass is 9.87. The van der Waals surface area contributed by atoms with Crippen LogP contribution >= 0.6 is 10.5 Å². The molecule has 122 valence electrons. The van der Waals surface area contributed by atoms with Crippen LogP contribution in [-0.2, 0) is 5.41 Å². The van der Waals surface area contributed by atoms with Gasteiger partial charge in [-0.05, 0) is 47.4 Å². The van der Waals surface area contributed by atoms with E-state index in [-0.39, 0.29) is 32.9 Å². The maximum atomic E-state index is 2.32. The summed E-state index contributed by atoms with van der Waals surface area (Å²) in [6, 6.07) is 26.9. The highest BCUT2D eigenvalue weighted by molar-refractivity contribution is 7.50. The summed E-state index contributed by atoms with van der Waals surface area (Å²) in [6.07, 6.45) is 0. The molecule has 3 aromatic carbocycles. The van der Waals surface area contributed by atoms with E-state index >= 15 is 0 Å². The van der Waals surface area contributed by atoms with Gasteiger partial charge in [0, 0.05) is 21.2 Å². The molecule has 0 atom stereocenters. The van der Waals surface area contributed by atoms with Crippen LogP contribution in [0.3, 0.4) is 0 Å². The van der Waals surface area contributed by atoms with Crippen molar-refractivity contribution in [1.29, 1.82) is 0 Å². The minimum absolute atomic E-state index is 0. The summed E-state index contributed by atoms with van der Waals surface area (Å²) in [6.45, 7) is 6.80. The Hall–Kier alpha value is -1.64. The molecule has 1 heterocycles. The SMILES string of the molecule is CC(C)(C)c1ccc(-[s+]2c3ccccc3c3ccccc32)cc1.[Br-]. The zero-order valence-corrected chi connectivity index (χ0v) is 16.6. The normalized spacial score (nSPS) is 11.6.